The maximum atomic E-state index is 9.87. The van der Waals surface area contributed by atoms with Crippen LogP contribution in [0.4, 0.5) is 0 Å². The summed E-state index contributed by atoms with van der Waals surface area (Å²) in [4.78, 5) is 0. The maximum Gasteiger partial charge on any atom is 2.00 e. The van der Waals surface area contributed by atoms with E-state index in [1.165, 1.54) is 0 Å². The molecular weight excluding hydrogens is 207 g/mol. The van der Waals surface area contributed by atoms with Gasteiger partial charge in [0.15, 0.2) is 0 Å². The Bertz CT molecular complexity index is 250. The predicted molar refractivity (Wildman–Crippen MR) is 48.4 cm³/mol. The first-order valence-corrected chi connectivity index (χ1v) is 3.77. The first-order chi connectivity index (χ1) is 5.93. The quantitative estimate of drug-likeness (QED) is 0.368. The third-order valence-electron chi connectivity index (χ3n) is 1.38. The summed E-state index contributed by atoms with van der Waals surface area (Å²) in [7, 11) is 0. The molecule has 1 aliphatic rings. The average Bonchev–Trinajstić information content (AvgIpc) is 2.81. The van der Waals surface area contributed by atoms with Crippen molar-refractivity contribution in [3.05, 3.63) is 66.5 Å². The van der Waals surface area contributed by atoms with Gasteiger partial charge in [-0.25, -0.2) is 12.1 Å². The fourth-order valence-corrected chi connectivity index (χ4v) is 0.788. The van der Waals surface area contributed by atoms with E-state index in [0.717, 1.165) is 11.8 Å². The van der Waals surface area contributed by atoms with Gasteiger partial charge < -0.3 is 5.11 Å². The standard InChI is InChI=1S/C6H6O.C5H5.Ni/c7-5-6-3-1-2-4-6;1-2-4-5-3-1;/h1-5,7H;1-5H;/q;-1;+2/p-1. The molecule has 1 aromatic carbocycles. The third kappa shape index (κ3) is 5.16. The largest absolute Gasteiger partial charge is 2.00 e. The van der Waals surface area contributed by atoms with Gasteiger partial charge in [-0.05, 0) is 5.57 Å². The molecule has 13 heavy (non-hydrogen) atoms. The Morgan fingerprint density at radius 3 is 1.85 bits per heavy atom. The van der Waals surface area contributed by atoms with Crippen LogP contribution in [-0.4, -0.2) is 0 Å². The minimum atomic E-state index is 0. The minimum Gasteiger partial charge on any atom is -0.877 e. The van der Waals surface area contributed by atoms with Crippen LogP contribution in [0.15, 0.2) is 66.5 Å². The normalized spacial score (nSPS) is 11.5. The van der Waals surface area contributed by atoms with Crippen molar-refractivity contribution in [1.29, 1.82) is 0 Å². The molecule has 0 bridgehead atoms. The summed E-state index contributed by atoms with van der Waals surface area (Å²) < 4.78 is 0. The van der Waals surface area contributed by atoms with E-state index < -0.39 is 0 Å². The van der Waals surface area contributed by atoms with Gasteiger partial charge in [-0.3, -0.25) is 0 Å². The average molecular weight is 217 g/mol. The molecule has 2 rings (SSSR count). The minimum absolute atomic E-state index is 0. The Hall–Kier alpha value is -1.14. The summed E-state index contributed by atoms with van der Waals surface area (Å²) in [6.45, 7) is 0. The zero-order valence-electron chi connectivity index (χ0n) is 7.00. The molecule has 0 saturated carbocycles. The summed E-state index contributed by atoms with van der Waals surface area (Å²) in [5, 5.41) is 9.87. The molecule has 1 nitrogen and oxygen atoms in total. The molecule has 0 amide bonds. The van der Waals surface area contributed by atoms with Gasteiger partial charge in [0.1, 0.15) is 0 Å². The molecule has 1 aromatic rings. The molecule has 0 radical (unpaired) electrons. The van der Waals surface area contributed by atoms with Gasteiger partial charge >= 0.3 is 16.5 Å². The topological polar surface area (TPSA) is 23.1 Å². The zero-order chi connectivity index (χ0) is 8.65. The molecule has 70 valence electrons. The van der Waals surface area contributed by atoms with Crippen molar-refractivity contribution in [2.24, 2.45) is 0 Å². The van der Waals surface area contributed by atoms with Crippen molar-refractivity contribution in [2.45, 2.75) is 0 Å². The van der Waals surface area contributed by atoms with Crippen molar-refractivity contribution < 1.29 is 21.6 Å². The van der Waals surface area contributed by atoms with E-state index in [9.17, 15) is 5.11 Å². The van der Waals surface area contributed by atoms with Crippen molar-refractivity contribution in [3.8, 4) is 0 Å². The molecule has 2 heteroatoms. The van der Waals surface area contributed by atoms with Gasteiger partial charge in [0, 0.05) is 0 Å². The van der Waals surface area contributed by atoms with Crippen LogP contribution in [-0.2, 0) is 16.5 Å². The molecular formula is C11H10NiO. The molecule has 0 heterocycles. The summed E-state index contributed by atoms with van der Waals surface area (Å²) in [5.41, 5.74) is 0.750. The first-order valence-electron chi connectivity index (χ1n) is 3.77. The second-order valence-corrected chi connectivity index (χ2v) is 2.30. The summed E-state index contributed by atoms with van der Waals surface area (Å²) >= 11 is 0. The van der Waals surface area contributed by atoms with Gasteiger partial charge in [0.05, 0.1) is 0 Å². The number of hydrogen-bond acceptors (Lipinski definition) is 1. The monoisotopic (exact) mass is 216 g/mol. The number of allylic oxidation sites excluding steroid dienone is 5. The van der Waals surface area contributed by atoms with Crippen LogP contribution in [0.5, 0.6) is 0 Å². The molecule has 0 aliphatic heterocycles. The molecule has 0 saturated heterocycles. The van der Waals surface area contributed by atoms with E-state index >= 15 is 0 Å². The second-order valence-electron chi connectivity index (χ2n) is 2.30. The molecule has 0 fully saturated rings. The molecule has 0 unspecified atom stereocenters. The van der Waals surface area contributed by atoms with Gasteiger partial charge in [0.25, 0.3) is 0 Å². The van der Waals surface area contributed by atoms with Crippen LogP contribution < -0.4 is 5.11 Å². The van der Waals surface area contributed by atoms with E-state index in [2.05, 4.69) is 0 Å². The number of rotatable bonds is 0. The van der Waals surface area contributed by atoms with Crippen LogP contribution in [0.25, 0.3) is 0 Å². The van der Waals surface area contributed by atoms with Gasteiger partial charge in [-0.15, -0.1) is 6.26 Å². The predicted octanol–water partition coefficient (Wildman–Crippen LogP) is 1.76. The Labute approximate surface area is 88.4 Å². The molecule has 0 aromatic heterocycles. The van der Waals surface area contributed by atoms with Crippen molar-refractivity contribution in [1.82, 2.24) is 0 Å². The zero-order valence-corrected chi connectivity index (χ0v) is 7.99. The van der Waals surface area contributed by atoms with Gasteiger partial charge in [0.2, 0.25) is 0 Å². The van der Waals surface area contributed by atoms with E-state index in [4.69, 9.17) is 0 Å². The van der Waals surface area contributed by atoms with Crippen LogP contribution >= 0.6 is 0 Å². The maximum absolute atomic E-state index is 9.87. The Balaban J connectivity index is 0.000000215. The molecule has 0 N–H and O–H groups in total. The third-order valence-corrected chi connectivity index (χ3v) is 1.38. The van der Waals surface area contributed by atoms with Crippen molar-refractivity contribution in [2.75, 3.05) is 0 Å². The molecule has 1 aliphatic carbocycles. The second kappa shape index (κ2) is 7.51. The van der Waals surface area contributed by atoms with Crippen LogP contribution in [0, 0.1) is 0 Å². The molecule has 0 spiro atoms. The van der Waals surface area contributed by atoms with Crippen LogP contribution in [0.2, 0.25) is 0 Å². The van der Waals surface area contributed by atoms with E-state index in [1.807, 2.05) is 42.5 Å². The van der Waals surface area contributed by atoms with Crippen molar-refractivity contribution in [3.63, 3.8) is 0 Å². The Morgan fingerprint density at radius 2 is 1.62 bits per heavy atom. The fraction of sp³-hybridized carbons (Fsp3) is 0. The van der Waals surface area contributed by atoms with Crippen molar-refractivity contribution >= 4 is 0 Å². The van der Waals surface area contributed by atoms with Gasteiger partial charge in [-0.2, -0.15) is 18.2 Å². The molecule has 0 atom stereocenters. The van der Waals surface area contributed by atoms with E-state index in [1.54, 1.807) is 12.2 Å². The van der Waals surface area contributed by atoms with E-state index in [0.29, 0.717) is 0 Å². The Morgan fingerprint density at radius 1 is 1.08 bits per heavy atom. The fourth-order valence-electron chi connectivity index (χ4n) is 0.788. The Kier molecular flexibility index (Phi) is 6.85. The first kappa shape index (κ1) is 11.9. The summed E-state index contributed by atoms with van der Waals surface area (Å²) in [6.07, 6.45) is 8.05. The number of hydrogen-bond donors (Lipinski definition) is 0. The van der Waals surface area contributed by atoms with E-state index in [-0.39, 0.29) is 16.5 Å². The van der Waals surface area contributed by atoms with Crippen LogP contribution in [0.1, 0.15) is 0 Å². The SMILES string of the molecule is [Ni+2].[O-]C=C1C=CC=C1.c1cc[cH-]c1. The summed E-state index contributed by atoms with van der Waals surface area (Å²) in [5.74, 6) is 0. The smallest absolute Gasteiger partial charge is 0.877 e. The van der Waals surface area contributed by atoms with Crippen LogP contribution in [0.3, 0.4) is 0 Å². The van der Waals surface area contributed by atoms with Gasteiger partial charge in [-0.1, -0.05) is 24.3 Å². The summed E-state index contributed by atoms with van der Waals surface area (Å²) in [6, 6.07) is 10.0.